The standard InChI is InChI=1S/C10H17N3O6S/c1-20(18,19)13-4-2-3-7(13)9(15)12-6(10(16)17)5-8(11)14/h6-7H,2-5H2,1H3,(H2,11,14)(H,12,15)(H,16,17). The molecule has 9 nitrogen and oxygen atoms in total. The molecule has 1 heterocycles. The Bertz CT molecular complexity index is 517. The maximum absolute atomic E-state index is 12.0. The number of nitrogens with two attached hydrogens (primary N) is 1. The van der Waals surface area contributed by atoms with Crippen molar-refractivity contribution in [3.05, 3.63) is 0 Å². The number of carbonyl (C=O) groups excluding carboxylic acids is 2. The van der Waals surface area contributed by atoms with Crippen LogP contribution in [0.2, 0.25) is 0 Å². The quantitative estimate of drug-likeness (QED) is 0.510. The van der Waals surface area contributed by atoms with Gasteiger partial charge in [0.25, 0.3) is 0 Å². The second-order valence-electron chi connectivity index (χ2n) is 4.60. The van der Waals surface area contributed by atoms with Gasteiger partial charge >= 0.3 is 5.97 Å². The molecule has 0 saturated carbocycles. The fraction of sp³-hybridized carbons (Fsp3) is 0.700. The average molecular weight is 307 g/mol. The topological polar surface area (TPSA) is 147 Å². The number of aliphatic carboxylic acids is 1. The van der Waals surface area contributed by atoms with Crippen LogP contribution in [0.1, 0.15) is 19.3 Å². The summed E-state index contributed by atoms with van der Waals surface area (Å²) in [5.41, 5.74) is 4.90. The van der Waals surface area contributed by atoms with E-state index in [1.54, 1.807) is 0 Å². The van der Waals surface area contributed by atoms with Crippen molar-refractivity contribution < 1.29 is 27.9 Å². The number of carboxylic acid groups (broad SMARTS) is 1. The summed E-state index contributed by atoms with van der Waals surface area (Å²) >= 11 is 0. The van der Waals surface area contributed by atoms with E-state index in [9.17, 15) is 22.8 Å². The molecular weight excluding hydrogens is 290 g/mol. The molecule has 0 radical (unpaired) electrons. The Labute approximate surface area is 116 Å². The molecular formula is C10H17N3O6S. The zero-order chi connectivity index (χ0) is 15.5. The van der Waals surface area contributed by atoms with Crippen LogP contribution in [0.25, 0.3) is 0 Å². The summed E-state index contributed by atoms with van der Waals surface area (Å²) in [5, 5.41) is 11.0. The molecule has 0 bridgehead atoms. The SMILES string of the molecule is CS(=O)(=O)N1CCCC1C(=O)NC(CC(N)=O)C(=O)O. The highest BCUT2D eigenvalue weighted by Crippen LogP contribution is 2.20. The van der Waals surface area contributed by atoms with Gasteiger partial charge in [-0.1, -0.05) is 0 Å². The molecule has 1 saturated heterocycles. The van der Waals surface area contributed by atoms with Crippen molar-refractivity contribution in [3.63, 3.8) is 0 Å². The Morgan fingerprint density at radius 3 is 2.50 bits per heavy atom. The molecule has 0 aromatic rings. The van der Waals surface area contributed by atoms with E-state index in [2.05, 4.69) is 5.32 Å². The van der Waals surface area contributed by atoms with Crippen molar-refractivity contribution >= 4 is 27.8 Å². The van der Waals surface area contributed by atoms with Crippen LogP contribution in [-0.2, 0) is 24.4 Å². The molecule has 0 aromatic carbocycles. The number of carbonyl (C=O) groups is 3. The van der Waals surface area contributed by atoms with Gasteiger partial charge in [0.15, 0.2) is 0 Å². The summed E-state index contributed by atoms with van der Waals surface area (Å²) in [6.45, 7) is 0.213. The monoisotopic (exact) mass is 307 g/mol. The largest absolute Gasteiger partial charge is 0.480 e. The molecule has 20 heavy (non-hydrogen) atoms. The molecule has 10 heteroatoms. The second-order valence-corrected chi connectivity index (χ2v) is 6.54. The predicted molar refractivity (Wildman–Crippen MR) is 67.9 cm³/mol. The van der Waals surface area contributed by atoms with Gasteiger partial charge in [0, 0.05) is 6.54 Å². The molecule has 1 rings (SSSR count). The van der Waals surface area contributed by atoms with Gasteiger partial charge in [0.1, 0.15) is 12.1 Å². The van der Waals surface area contributed by atoms with Gasteiger partial charge in [-0.25, -0.2) is 13.2 Å². The lowest BCUT2D eigenvalue weighted by Crippen LogP contribution is -2.51. The third-order valence-corrected chi connectivity index (χ3v) is 4.24. The summed E-state index contributed by atoms with van der Waals surface area (Å²) in [7, 11) is -3.54. The highest BCUT2D eigenvalue weighted by atomic mass is 32.2. The molecule has 0 aliphatic carbocycles. The lowest BCUT2D eigenvalue weighted by molar-refractivity contribution is -0.143. The number of sulfonamides is 1. The van der Waals surface area contributed by atoms with Crippen LogP contribution in [0.4, 0.5) is 0 Å². The van der Waals surface area contributed by atoms with Crippen LogP contribution in [0.3, 0.4) is 0 Å². The summed E-state index contributed by atoms with van der Waals surface area (Å²) in [6, 6.07) is -2.40. The molecule has 2 atom stereocenters. The molecule has 1 aliphatic heterocycles. The number of hydrogen-bond acceptors (Lipinski definition) is 5. The Morgan fingerprint density at radius 2 is 2.05 bits per heavy atom. The first kappa shape index (κ1) is 16.4. The van der Waals surface area contributed by atoms with Crippen LogP contribution in [0.15, 0.2) is 0 Å². The fourth-order valence-corrected chi connectivity index (χ4v) is 3.19. The Hall–Kier alpha value is -1.68. The maximum atomic E-state index is 12.0. The molecule has 0 spiro atoms. The minimum Gasteiger partial charge on any atom is -0.480 e. The van der Waals surface area contributed by atoms with Crippen LogP contribution < -0.4 is 11.1 Å². The van der Waals surface area contributed by atoms with Crippen LogP contribution in [-0.4, -0.2) is 60.5 Å². The van der Waals surface area contributed by atoms with Crippen molar-refractivity contribution in [3.8, 4) is 0 Å². The fourth-order valence-electron chi connectivity index (χ4n) is 2.07. The van der Waals surface area contributed by atoms with E-state index in [0.717, 1.165) is 10.6 Å². The molecule has 0 aromatic heterocycles. The number of hydrogen-bond donors (Lipinski definition) is 3. The highest BCUT2D eigenvalue weighted by Gasteiger charge is 2.37. The first-order valence-corrected chi connectivity index (χ1v) is 7.76. The van der Waals surface area contributed by atoms with Gasteiger partial charge < -0.3 is 16.2 Å². The van der Waals surface area contributed by atoms with Gasteiger partial charge in [-0.2, -0.15) is 4.31 Å². The molecule has 1 aliphatic rings. The third-order valence-electron chi connectivity index (χ3n) is 2.95. The van der Waals surface area contributed by atoms with Crippen LogP contribution in [0, 0.1) is 0 Å². The Balaban J connectivity index is 2.78. The van der Waals surface area contributed by atoms with Gasteiger partial charge in [0.05, 0.1) is 12.7 Å². The molecule has 2 amide bonds. The Kier molecular flexibility index (Phi) is 5.06. The highest BCUT2D eigenvalue weighted by molar-refractivity contribution is 7.88. The van der Waals surface area contributed by atoms with E-state index in [1.807, 2.05) is 0 Å². The van der Waals surface area contributed by atoms with E-state index in [0.29, 0.717) is 12.8 Å². The van der Waals surface area contributed by atoms with Crippen molar-refractivity contribution in [2.24, 2.45) is 5.73 Å². The Morgan fingerprint density at radius 1 is 1.45 bits per heavy atom. The number of nitrogens with zero attached hydrogens (tertiary/aromatic N) is 1. The number of carboxylic acids is 1. The lowest BCUT2D eigenvalue weighted by Gasteiger charge is -2.23. The van der Waals surface area contributed by atoms with Crippen LogP contribution in [0.5, 0.6) is 0 Å². The van der Waals surface area contributed by atoms with Gasteiger partial charge in [-0.3, -0.25) is 9.59 Å². The number of primary amides is 1. The summed E-state index contributed by atoms with van der Waals surface area (Å²) in [5.74, 6) is -3.01. The van der Waals surface area contributed by atoms with E-state index >= 15 is 0 Å². The molecule has 2 unspecified atom stereocenters. The number of rotatable bonds is 6. The molecule has 4 N–H and O–H groups in total. The number of amides is 2. The van der Waals surface area contributed by atoms with Crippen molar-refractivity contribution in [1.29, 1.82) is 0 Å². The van der Waals surface area contributed by atoms with E-state index < -0.39 is 46.3 Å². The zero-order valence-corrected chi connectivity index (χ0v) is 11.7. The average Bonchev–Trinajstić information content (AvgIpc) is 2.75. The van der Waals surface area contributed by atoms with E-state index in [-0.39, 0.29) is 6.54 Å². The van der Waals surface area contributed by atoms with Crippen molar-refractivity contribution in [2.75, 3.05) is 12.8 Å². The zero-order valence-electron chi connectivity index (χ0n) is 10.9. The third kappa shape index (κ3) is 4.17. The lowest BCUT2D eigenvalue weighted by atomic mass is 10.1. The van der Waals surface area contributed by atoms with Crippen molar-refractivity contribution in [2.45, 2.75) is 31.3 Å². The maximum Gasteiger partial charge on any atom is 0.326 e. The van der Waals surface area contributed by atoms with E-state index in [4.69, 9.17) is 10.8 Å². The van der Waals surface area contributed by atoms with Crippen LogP contribution >= 0.6 is 0 Å². The minimum absolute atomic E-state index is 0.213. The number of nitrogens with one attached hydrogen (secondary N) is 1. The normalized spacial score (nSPS) is 21.4. The summed E-state index contributed by atoms with van der Waals surface area (Å²) in [4.78, 5) is 33.6. The van der Waals surface area contributed by atoms with Gasteiger partial charge in [-0.05, 0) is 12.8 Å². The first-order chi connectivity index (χ1) is 9.12. The smallest absolute Gasteiger partial charge is 0.326 e. The predicted octanol–water partition coefficient (Wildman–Crippen LogP) is -2.14. The van der Waals surface area contributed by atoms with Gasteiger partial charge in [-0.15, -0.1) is 0 Å². The molecule has 1 fully saturated rings. The van der Waals surface area contributed by atoms with Crippen molar-refractivity contribution in [1.82, 2.24) is 9.62 Å². The van der Waals surface area contributed by atoms with E-state index in [1.165, 1.54) is 0 Å². The minimum atomic E-state index is -3.54. The van der Waals surface area contributed by atoms with Gasteiger partial charge in [0.2, 0.25) is 21.8 Å². The summed E-state index contributed by atoms with van der Waals surface area (Å²) < 4.78 is 24.0. The molecule has 114 valence electrons. The second kappa shape index (κ2) is 6.18. The summed E-state index contributed by atoms with van der Waals surface area (Å²) in [6.07, 6.45) is 1.25. The first-order valence-electron chi connectivity index (χ1n) is 5.91.